The van der Waals surface area contributed by atoms with Crippen LogP contribution < -0.4 is 10.1 Å². The lowest BCUT2D eigenvalue weighted by Crippen LogP contribution is -2.40. The van der Waals surface area contributed by atoms with Crippen LogP contribution in [0.3, 0.4) is 0 Å². The van der Waals surface area contributed by atoms with Gasteiger partial charge in [-0.2, -0.15) is 0 Å². The van der Waals surface area contributed by atoms with Crippen LogP contribution in [-0.2, 0) is 16.1 Å². The van der Waals surface area contributed by atoms with Crippen molar-refractivity contribution in [3.8, 4) is 5.88 Å². The van der Waals surface area contributed by atoms with E-state index in [4.69, 9.17) is 9.47 Å². The second kappa shape index (κ2) is 11.2. The molecule has 7 nitrogen and oxygen atoms in total. The van der Waals surface area contributed by atoms with Crippen LogP contribution in [0.1, 0.15) is 25.8 Å². The third kappa shape index (κ3) is 6.00. The maximum Gasteiger partial charge on any atom is 0.310 e. The van der Waals surface area contributed by atoms with E-state index < -0.39 is 0 Å². The third-order valence-corrected chi connectivity index (χ3v) is 4.33. The monoisotopic (exact) mass is 476 g/mol. The van der Waals surface area contributed by atoms with Crippen LogP contribution in [0, 0.1) is 11.8 Å². The van der Waals surface area contributed by atoms with E-state index in [9.17, 15) is 4.79 Å². The van der Waals surface area contributed by atoms with Gasteiger partial charge in [0.15, 0.2) is 5.96 Å². The van der Waals surface area contributed by atoms with Gasteiger partial charge >= 0.3 is 5.97 Å². The second-order valence-electron chi connectivity index (χ2n) is 6.27. The van der Waals surface area contributed by atoms with Gasteiger partial charge < -0.3 is 19.7 Å². The molecular weight excluding hydrogens is 447 g/mol. The molecule has 2 unspecified atom stereocenters. The average Bonchev–Trinajstić information content (AvgIpc) is 3.02. The summed E-state index contributed by atoms with van der Waals surface area (Å²) < 4.78 is 10.4. The molecule has 0 amide bonds. The molecule has 0 aliphatic carbocycles. The number of esters is 1. The zero-order chi connectivity index (χ0) is 18.2. The maximum absolute atomic E-state index is 11.8. The number of hydrogen-bond acceptors (Lipinski definition) is 5. The van der Waals surface area contributed by atoms with Gasteiger partial charge in [-0.25, -0.2) is 4.98 Å². The number of likely N-dealkylation sites (tertiary alicyclic amines) is 1. The van der Waals surface area contributed by atoms with E-state index in [-0.39, 0.29) is 41.8 Å². The summed E-state index contributed by atoms with van der Waals surface area (Å²) >= 11 is 0. The molecule has 0 radical (unpaired) electrons. The number of guanidine groups is 1. The van der Waals surface area contributed by atoms with Crippen molar-refractivity contribution >= 4 is 35.9 Å². The average molecular weight is 476 g/mol. The highest BCUT2D eigenvalue weighted by atomic mass is 127. The predicted molar refractivity (Wildman–Crippen MR) is 112 cm³/mol. The van der Waals surface area contributed by atoms with E-state index in [2.05, 4.69) is 34.0 Å². The Bertz CT molecular complexity index is 595. The Kier molecular flexibility index (Phi) is 9.68. The van der Waals surface area contributed by atoms with Gasteiger partial charge in [-0.15, -0.1) is 24.0 Å². The number of methoxy groups -OCH3 is 1. The number of aromatic nitrogens is 1. The first-order chi connectivity index (χ1) is 12.1. The molecule has 1 fully saturated rings. The Morgan fingerprint density at radius 2 is 2.19 bits per heavy atom. The molecule has 0 saturated carbocycles. The van der Waals surface area contributed by atoms with Gasteiger partial charge in [0.25, 0.3) is 0 Å². The van der Waals surface area contributed by atoms with Gasteiger partial charge in [0.1, 0.15) is 0 Å². The van der Waals surface area contributed by atoms with Gasteiger partial charge in [-0.3, -0.25) is 9.79 Å². The van der Waals surface area contributed by atoms with Crippen LogP contribution in [0.5, 0.6) is 5.88 Å². The highest BCUT2D eigenvalue weighted by Crippen LogP contribution is 2.24. The summed E-state index contributed by atoms with van der Waals surface area (Å²) in [5, 5.41) is 3.33. The normalized spacial score (nSPS) is 19.7. The van der Waals surface area contributed by atoms with E-state index in [1.54, 1.807) is 13.2 Å². The summed E-state index contributed by atoms with van der Waals surface area (Å²) in [6.45, 7) is 6.81. The van der Waals surface area contributed by atoms with Crippen LogP contribution in [0.15, 0.2) is 23.3 Å². The number of carbonyl (C=O) groups excluding carboxylic acids is 1. The first-order valence-corrected chi connectivity index (χ1v) is 8.70. The maximum atomic E-state index is 11.8. The standard InChI is InChI=1S/C18H28N4O3.HI/c1-5-8-25-16-7-6-14(9-20-16)10-21-18(19-3)22-11-13(2)15(12-22)17(23)24-4;/h6-7,9,13,15H,5,8,10-12H2,1-4H3,(H,19,21);1H. The van der Waals surface area contributed by atoms with Gasteiger partial charge in [-0.05, 0) is 17.9 Å². The summed E-state index contributed by atoms with van der Waals surface area (Å²) in [5.74, 6) is 1.40. The number of halogens is 1. The Labute approximate surface area is 172 Å². The molecule has 2 heterocycles. The molecule has 0 aromatic carbocycles. The minimum atomic E-state index is -0.155. The molecular formula is C18H29IN4O3. The number of hydrogen-bond donors (Lipinski definition) is 1. The molecule has 2 rings (SSSR count). The summed E-state index contributed by atoms with van der Waals surface area (Å²) in [5.41, 5.74) is 1.04. The smallest absolute Gasteiger partial charge is 0.310 e. The van der Waals surface area contributed by atoms with Crippen LogP contribution in [-0.4, -0.2) is 55.7 Å². The molecule has 1 saturated heterocycles. The SMILES string of the molecule is CCCOc1ccc(CNC(=NC)N2CC(C)C(C(=O)OC)C2)cn1.I. The zero-order valence-electron chi connectivity index (χ0n) is 15.9. The highest BCUT2D eigenvalue weighted by molar-refractivity contribution is 14.0. The molecule has 2 atom stereocenters. The van der Waals surface area contributed by atoms with E-state index in [0.29, 0.717) is 25.6 Å². The van der Waals surface area contributed by atoms with Gasteiger partial charge in [0.2, 0.25) is 5.88 Å². The van der Waals surface area contributed by atoms with Crippen LogP contribution >= 0.6 is 24.0 Å². The van der Waals surface area contributed by atoms with E-state index in [1.807, 2.05) is 12.1 Å². The molecule has 1 aromatic heterocycles. The Morgan fingerprint density at radius 1 is 1.42 bits per heavy atom. The first kappa shape index (κ1) is 22.5. The lowest BCUT2D eigenvalue weighted by Gasteiger charge is -2.21. The van der Waals surface area contributed by atoms with Crippen LogP contribution in [0.25, 0.3) is 0 Å². The number of pyridine rings is 1. The second-order valence-corrected chi connectivity index (χ2v) is 6.27. The Balaban J connectivity index is 0.00000338. The number of ether oxygens (including phenoxy) is 2. The summed E-state index contributed by atoms with van der Waals surface area (Å²) in [6, 6.07) is 3.86. The highest BCUT2D eigenvalue weighted by Gasteiger charge is 2.36. The lowest BCUT2D eigenvalue weighted by atomic mass is 9.99. The fraction of sp³-hybridized carbons (Fsp3) is 0.611. The number of nitrogens with one attached hydrogen (secondary N) is 1. The van der Waals surface area contributed by atoms with E-state index >= 15 is 0 Å². The van der Waals surface area contributed by atoms with Crippen molar-refractivity contribution in [2.24, 2.45) is 16.8 Å². The molecule has 1 N–H and O–H groups in total. The molecule has 0 spiro atoms. The van der Waals surface area contributed by atoms with Crippen molar-refractivity contribution in [2.75, 3.05) is 33.9 Å². The largest absolute Gasteiger partial charge is 0.478 e. The van der Waals surface area contributed by atoms with Crippen molar-refractivity contribution < 1.29 is 14.3 Å². The van der Waals surface area contributed by atoms with Crippen LogP contribution in [0.4, 0.5) is 0 Å². The topological polar surface area (TPSA) is 76.0 Å². The number of rotatable bonds is 6. The van der Waals surface area contributed by atoms with Crippen molar-refractivity contribution in [3.63, 3.8) is 0 Å². The van der Waals surface area contributed by atoms with Crippen LogP contribution in [0.2, 0.25) is 0 Å². The van der Waals surface area contributed by atoms with Gasteiger partial charge in [-0.1, -0.05) is 19.9 Å². The molecule has 8 heteroatoms. The van der Waals surface area contributed by atoms with Gasteiger partial charge in [0.05, 0.1) is 19.6 Å². The van der Waals surface area contributed by atoms with Crippen molar-refractivity contribution in [3.05, 3.63) is 23.9 Å². The van der Waals surface area contributed by atoms with Crippen molar-refractivity contribution in [1.82, 2.24) is 15.2 Å². The minimum Gasteiger partial charge on any atom is -0.478 e. The zero-order valence-corrected chi connectivity index (χ0v) is 18.2. The predicted octanol–water partition coefficient (Wildman–Crippen LogP) is 2.30. The molecule has 1 aliphatic rings. The third-order valence-electron chi connectivity index (χ3n) is 4.33. The fourth-order valence-electron chi connectivity index (χ4n) is 2.92. The Hall–Kier alpha value is -1.58. The van der Waals surface area contributed by atoms with E-state index in [0.717, 1.165) is 24.5 Å². The summed E-state index contributed by atoms with van der Waals surface area (Å²) in [6.07, 6.45) is 2.76. The van der Waals surface area contributed by atoms with Crippen molar-refractivity contribution in [2.45, 2.75) is 26.8 Å². The lowest BCUT2D eigenvalue weighted by molar-refractivity contribution is -0.145. The minimum absolute atomic E-state index is 0. The quantitative estimate of drug-likeness (QED) is 0.294. The molecule has 0 bridgehead atoms. The summed E-state index contributed by atoms with van der Waals surface area (Å²) in [7, 11) is 3.18. The van der Waals surface area contributed by atoms with Gasteiger partial charge in [0, 0.05) is 38.9 Å². The van der Waals surface area contributed by atoms with E-state index in [1.165, 1.54) is 7.11 Å². The van der Waals surface area contributed by atoms with Crippen molar-refractivity contribution in [1.29, 1.82) is 0 Å². The fourth-order valence-corrected chi connectivity index (χ4v) is 2.92. The molecule has 1 aromatic rings. The Morgan fingerprint density at radius 3 is 2.77 bits per heavy atom. The number of carbonyl (C=O) groups is 1. The summed E-state index contributed by atoms with van der Waals surface area (Å²) in [4.78, 5) is 22.6. The number of nitrogens with zero attached hydrogens (tertiary/aromatic N) is 3. The number of aliphatic imine (C=N–C) groups is 1. The first-order valence-electron chi connectivity index (χ1n) is 8.70. The molecule has 146 valence electrons. The molecule has 26 heavy (non-hydrogen) atoms. The molecule has 1 aliphatic heterocycles.